The molecule has 1 heterocycles. The van der Waals surface area contributed by atoms with Gasteiger partial charge < -0.3 is 14.0 Å². The van der Waals surface area contributed by atoms with E-state index in [0.717, 1.165) is 11.1 Å². The predicted octanol–water partition coefficient (Wildman–Crippen LogP) is 3.89. The number of hydrogen-bond donors (Lipinski definition) is 2. The van der Waals surface area contributed by atoms with Gasteiger partial charge in [-0.3, -0.25) is 0 Å². The minimum Gasteiger partial charge on any atom is -0.497 e. The summed E-state index contributed by atoms with van der Waals surface area (Å²) in [6.45, 7) is 0.303. The van der Waals surface area contributed by atoms with E-state index >= 15 is 0 Å². The van der Waals surface area contributed by atoms with Gasteiger partial charge >= 0.3 is 0 Å². The molecule has 5 rings (SSSR count). The molecule has 0 aliphatic carbocycles. The summed E-state index contributed by atoms with van der Waals surface area (Å²) in [4.78, 5) is 1.40. The Kier molecular flexibility index (Phi) is 8.45. The van der Waals surface area contributed by atoms with Crippen LogP contribution in [0.5, 0.6) is 11.5 Å². The second-order valence-electron chi connectivity index (χ2n) is 9.31. The molecular formula is C29H27N5O6S2. The molecule has 3 N–H and O–H groups in total. The number of tetrazole rings is 1. The number of primary sulfonamides is 1. The highest BCUT2D eigenvalue weighted by Gasteiger charge is 2.24. The molecular weight excluding hydrogens is 578 g/mol. The molecule has 0 saturated heterocycles. The number of hydrogen-bond acceptors (Lipinski definition) is 8. The Hall–Kier alpha value is -4.43. The number of rotatable bonds is 10. The Morgan fingerprint density at radius 2 is 1.50 bits per heavy atom. The lowest BCUT2D eigenvalue weighted by Gasteiger charge is -2.16. The zero-order valence-electron chi connectivity index (χ0n) is 22.7. The minimum atomic E-state index is -4.22. The summed E-state index contributed by atoms with van der Waals surface area (Å²) in [7, 11) is -1.06. The van der Waals surface area contributed by atoms with Gasteiger partial charge in [0.25, 0.3) is 0 Å². The summed E-state index contributed by atoms with van der Waals surface area (Å²) in [5.41, 5.74) is 3.27. The quantitative estimate of drug-likeness (QED) is 0.225. The van der Waals surface area contributed by atoms with Crippen LogP contribution in [0.3, 0.4) is 0 Å². The van der Waals surface area contributed by atoms with Crippen molar-refractivity contribution < 1.29 is 26.7 Å². The number of methoxy groups -OCH3 is 2. The van der Waals surface area contributed by atoms with Crippen molar-refractivity contribution in [3.8, 4) is 34.0 Å². The lowest BCUT2D eigenvalue weighted by molar-refractivity contribution is 0.414. The molecule has 11 nitrogen and oxygen atoms in total. The Labute approximate surface area is 245 Å². The Morgan fingerprint density at radius 3 is 2.10 bits per heavy atom. The number of aromatic nitrogens is 4. The molecule has 0 bridgehead atoms. The predicted molar refractivity (Wildman–Crippen MR) is 157 cm³/mol. The summed E-state index contributed by atoms with van der Waals surface area (Å²) in [6.07, 6.45) is 0.286. The van der Waals surface area contributed by atoms with Crippen LogP contribution in [0.1, 0.15) is 16.7 Å². The molecule has 0 saturated carbocycles. The second-order valence-corrected chi connectivity index (χ2v) is 11.8. The maximum atomic E-state index is 13.0. The van der Waals surface area contributed by atoms with E-state index in [1.165, 1.54) is 16.9 Å². The second kappa shape index (κ2) is 12.2. The van der Waals surface area contributed by atoms with Gasteiger partial charge in [-0.15, -0.1) is 10.2 Å². The van der Waals surface area contributed by atoms with Gasteiger partial charge in [-0.25, -0.2) is 17.8 Å². The first kappa shape index (κ1) is 29.1. The number of benzene rings is 4. The highest BCUT2D eigenvalue weighted by atomic mass is 32.2. The Bertz CT molecular complexity index is 1860. The molecule has 1 atom stereocenters. The molecule has 1 unspecified atom stereocenters. The summed E-state index contributed by atoms with van der Waals surface area (Å²) in [5, 5.41) is 18.6. The minimum absolute atomic E-state index is 0.0643. The van der Waals surface area contributed by atoms with Gasteiger partial charge in [0.2, 0.25) is 15.8 Å². The summed E-state index contributed by atoms with van der Waals surface area (Å²) >= 11 is -2.31. The molecule has 0 fully saturated rings. The van der Waals surface area contributed by atoms with E-state index in [2.05, 4.69) is 15.4 Å². The van der Waals surface area contributed by atoms with E-state index in [-0.39, 0.29) is 22.0 Å². The fourth-order valence-electron chi connectivity index (χ4n) is 4.60. The normalized spacial score (nSPS) is 12.2. The zero-order chi connectivity index (χ0) is 29.9. The molecule has 0 amide bonds. The topological polar surface area (TPSA) is 160 Å². The van der Waals surface area contributed by atoms with Crippen LogP contribution in [-0.4, -0.2) is 51.6 Å². The lowest BCUT2D eigenvalue weighted by atomic mass is 9.95. The van der Waals surface area contributed by atoms with Gasteiger partial charge in [0, 0.05) is 11.1 Å². The van der Waals surface area contributed by atoms with E-state index in [4.69, 9.17) is 14.6 Å². The van der Waals surface area contributed by atoms with E-state index in [9.17, 15) is 17.2 Å². The van der Waals surface area contributed by atoms with Crippen LogP contribution in [0.2, 0.25) is 0 Å². The average molecular weight is 606 g/mol. The molecule has 0 aliphatic heterocycles. The molecule has 13 heteroatoms. The molecule has 5 aromatic rings. The van der Waals surface area contributed by atoms with Crippen LogP contribution >= 0.6 is 0 Å². The van der Waals surface area contributed by atoms with Crippen molar-refractivity contribution in [2.45, 2.75) is 22.8 Å². The third-order valence-electron chi connectivity index (χ3n) is 6.59. The van der Waals surface area contributed by atoms with Gasteiger partial charge in [0.1, 0.15) is 11.5 Å². The van der Waals surface area contributed by atoms with Crippen LogP contribution in [0.4, 0.5) is 0 Å². The Morgan fingerprint density at radius 1 is 0.857 bits per heavy atom. The summed E-state index contributed by atoms with van der Waals surface area (Å²) in [5.74, 6) is 1.54. The highest BCUT2D eigenvalue weighted by Crippen LogP contribution is 2.37. The fourth-order valence-corrected chi connectivity index (χ4v) is 5.99. The van der Waals surface area contributed by atoms with Crippen molar-refractivity contribution in [3.05, 3.63) is 102 Å². The monoisotopic (exact) mass is 605 g/mol. The number of sulfonamides is 1. The number of ether oxygens (including phenoxy) is 2. The lowest BCUT2D eigenvalue weighted by Crippen LogP contribution is -2.16. The van der Waals surface area contributed by atoms with E-state index in [0.29, 0.717) is 40.3 Å². The molecule has 0 radical (unpaired) electrons. The summed E-state index contributed by atoms with van der Waals surface area (Å²) in [6, 6.07) is 24.2. The maximum absolute atomic E-state index is 13.0. The number of nitrogens with two attached hydrogens (primary N) is 1. The van der Waals surface area contributed by atoms with Crippen LogP contribution in [0, 0.1) is 0 Å². The van der Waals surface area contributed by atoms with E-state index in [1.807, 2.05) is 36.4 Å². The first-order valence-corrected chi connectivity index (χ1v) is 15.3. The smallest absolute Gasteiger partial charge is 0.238 e. The van der Waals surface area contributed by atoms with E-state index < -0.39 is 21.1 Å². The van der Waals surface area contributed by atoms with Crippen molar-refractivity contribution in [2.24, 2.45) is 5.14 Å². The molecule has 42 heavy (non-hydrogen) atoms. The van der Waals surface area contributed by atoms with Gasteiger partial charge in [0.05, 0.1) is 30.6 Å². The third-order valence-corrected chi connectivity index (χ3v) is 8.30. The van der Waals surface area contributed by atoms with Crippen LogP contribution in [0.25, 0.3) is 22.5 Å². The van der Waals surface area contributed by atoms with Crippen molar-refractivity contribution in [2.75, 3.05) is 14.2 Å². The molecule has 0 spiro atoms. The largest absolute Gasteiger partial charge is 0.497 e. The van der Waals surface area contributed by atoms with Crippen LogP contribution in [-0.2, 0) is 34.1 Å². The van der Waals surface area contributed by atoms with Gasteiger partial charge in [-0.2, -0.15) is 4.80 Å². The first-order chi connectivity index (χ1) is 20.2. The molecule has 1 aromatic heterocycles. The summed E-state index contributed by atoms with van der Waals surface area (Å²) < 4.78 is 58.3. The van der Waals surface area contributed by atoms with Crippen molar-refractivity contribution in [3.63, 3.8) is 0 Å². The van der Waals surface area contributed by atoms with Crippen molar-refractivity contribution in [1.29, 1.82) is 0 Å². The Balaban J connectivity index is 1.60. The molecule has 4 aromatic carbocycles. The van der Waals surface area contributed by atoms with Crippen molar-refractivity contribution >= 4 is 21.1 Å². The molecule has 216 valence electrons. The zero-order valence-corrected chi connectivity index (χ0v) is 24.3. The number of nitrogens with zero attached hydrogens (tertiary/aromatic N) is 4. The molecule has 0 aliphatic rings. The third kappa shape index (κ3) is 6.39. The van der Waals surface area contributed by atoms with Gasteiger partial charge in [-0.05, 0) is 70.3 Å². The fraction of sp³-hybridized carbons (Fsp3) is 0.138. The first-order valence-electron chi connectivity index (χ1n) is 12.6. The van der Waals surface area contributed by atoms with Crippen LogP contribution < -0.4 is 14.6 Å². The van der Waals surface area contributed by atoms with Gasteiger partial charge in [0.15, 0.2) is 11.1 Å². The standard InChI is InChI=1S/C29H27N5O6S2/c1-39-22-10-6-19(7-11-22)16-21-4-3-5-26(28(21)42(30,37)38)25-15-14-24(41(35)36)17-27(25)29-31-33-34(32-29)18-20-8-12-23(40-2)13-9-20/h3-15,17H,16,18H2,1-2H3,(H,35,36)(H2,30,37,38). The van der Waals surface area contributed by atoms with Gasteiger partial charge in [-0.1, -0.05) is 48.5 Å². The maximum Gasteiger partial charge on any atom is 0.238 e. The highest BCUT2D eigenvalue weighted by molar-refractivity contribution is 7.89. The average Bonchev–Trinajstić information content (AvgIpc) is 3.45. The van der Waals surface area contributed by atoms with E-state index in [1.54, 1.807) is 50.6 Å². The SMILES string of the molecule is COc1ccc(Cc2cccc(-c3ccc(S(=O)O)cc3-c3nnn(Cc4ccc(OC)cc4)n3)c2S(N)(=O)=O)cc1. The van der Waals surface area contributed by atoms with Crippen LogP contribution in [0.15, 0.2) is 94.7 Å². The van der Waals surface area contributed by atoms with Crippen molar-refractivity contribution in [1.82, 2.24) is 20.2 Å².